The quantitative estimate of drug-likeness (QED) is 0.392. The van der Waals surface area contributed by atoms with Gasteiger partial charge >= 0.3 is 0 Å². The molecule has 3 aromatic carbocycles. The van der Waals surface area contributed by atoms with Crippen LogP contribution in [-0.2, 0) is 7.05 Å². The first kappa shape index (κ1) is 19.5. The summed E-state index contributed by atoms with van der Waals surface area (Å²) in [5, 5.41) is 11.5. The zero-order chi connectivity index (χ0) is 20.8. The number of aromatic nitrogens is 4. The molecule has 0 aliphatic carbocycles. The molecule has 4 nitrogen and oxygen atoms in total. The Bertz CT molecular complexity index is 1150. The molecule has 0 spiro atoms. The molecule has 0 saturated heterocycles. The third-order valence-electron chi connectivity index (χ3n) is 5.12. The molecule has 0 atom stereocenters. The van der Waals surface area contributed by atoms with Crippen LogP contribution < -0.4 is 0 Å². The van der Waals surface area contributed by atoms with Gasteiger partial charge in [-0.05, 0) is 56.3 Å². The van der Waals surface area contributed by atoms with Crippen molar-refractivity contribution in [2.75, 3.05) is 0 Å². The lowest BCUT2D eigenvalue weighted by molar-refractivity contribution is 0.706. The Hall–Kier alpha value is -3.79. The van der Waals surface area contributed by atoms with Crippen LogP contribution in [0.5, 0.6) is 0 Å². The normalized spacial score (nSPS) is 12.2. The van der Waals surface area contributed by atoms with Gasteiger partial charge in [-0.15, -0.1) is 5.10 Å². The molecule has 0 unspecified atom stereocenters. The molecular formula is C26H24N4. The average Bonchev–Trinajstić information content (AvgIpc) is 3.22. The molecule has 148 valence electrons. The van der Waals surface area contributed by atoms with Crippen molar-refractivity contribution in [3.05, 3.63) is 113 Å². The lowest BCUT2D eigenvalue weighted by Gasteiger charge is -2.16. The molecule has 4 heteroatoms. The van der Waals surface area contributed by atoms with Gasteiger partial charge in [-0.3, -0.25) is 0 Å². The van der Waals surface area contributed by atoms with Crippen molar-refractivity contribution < 1.29 is 0 Å². The molecule has 0 fully saturated rings. The Morgan fingerprint density at radius 2 is 1.37 bits per heavy atom. The van der Waals surface area contributed by atoms with Crippen LogP contribution in [0.2, 0.25) is 0 Å². The highest BCUT2D eigenvalue weighted by Crippen LogP contribution is 2.34. The van der Waals surface area contributed by atoms with Gasteiger partial charge in [0.15, 0.2) is 5.82 Å². The third-order valence-corrected chi connectivity index (χ3v) is 5.12. The van der Waals surface area contributed by atoms with Crippen molar-refractivity contribution in [2.24, 2.45) is 7.05 Å². The van der Waals surface area contributed by atoms with E-state index in [9.17, 15) is 0 Å². The van der Waals surface area contributed by atoms with Crippen molar-refractivity contribution in [3.8, 4) is 0 Å². The highest BCUT2D eigenvalue weighted by molar-refractivity contribution is 5.98. The van der Waals surface area contributed by atoms with Gasteiger partial charge < -0.3 is 0 Å². The summed E-state index contributed by atoms with van der Waals surface area (Å²) in [5.74, 6) is 0.723. The van der Waals surface area contributed by atoms with Gasteiger partial charge in [0.25, 0.3) is 0 Å². The van der Waals surface area contributed by atoms with Crippen LogP contribution in [0, 0.1) is 0 Å². The summed E-state index contributed by atoms with van der Waals surface area (Å²) in [6, 6.07) is 29.9. The van der Waals surface area contributed by atoms with Gasteiger partial charge in [0.05, 0.1) is 0 Å². The number of benzene rings is 3. The van der Waals surface area contributed by atoms with Crippen molar-refractivity contribution in [1.29, 1.82) is 0 Å². The number of rotatable bonds is 6. The van der Waals surface area contributed by atoms with E-state index >= 15 is 0 Å². The van der Waals surface area contributed by atoms with Gasteiger partial charge in [0, 0.05) is 7.05 Å². The van der Waals surface area contributed by atoms with Crippen LogP contribution in [0.4, 0.5) is 0 Å². The van der Waals surface area contributed by atoms with Gasteiger partial charge in [-0.1, -0.05) is 97.9 Å². The minimum Gasteiger partial charge on any atom is -0.229 e. The molecule has 1 heterocycles. The van der Waals surface area contributed by atoms with Gasteiger partial charge in [0.2, 0.25) is 0 Å². The Morgan fingerprint density at radius 3 is 1.93 bits per heavy atom. The topological polar surface area (TPSA) is 43.6 Å². The highest BCUT2D eigenvalue weighted by Gasteiger charge is 2.12. The number of hydrogen-bond donors (Lipinski definition) is 0. The maximum absolute atomic E-state index is 3.99. The Labute approximate surface area is 177 Å². The second-order valence-electron chi connectivity index (χ2n) is 7.06. The fourth-order valence-corrected chi connectivity index (χ4v) is 3.59. The second-order valence-corrected chi connectivity index (χ2v) is 7.06. The molecular weight excluding hydrogens is 368 g/mol. The van der Waals surface area contributed by atoms with Gasteiger partial charge in [-0.2, -0.15) is 0 Å². The first-order valence-electron chi connectivity index (χ1n) is 10.1. The van der Waals surface area contributed by atoms with Crippen LogP contribution in [-0.4, -0.2) is 20.2 Å². The molecule has 0 saturated carbocycles. The molecule has 1 aromatic heterocycles. The molecule has 0 radical (unpaired) electrons. The summed E-state index contributed by atoms with van der Waals surface area (Å²) < 4.78 is 1.65. The van der Waals surface area contributed by atoms with E-state index in [-0.39, 0.29) is 0 Å². The molecule has 4 rings (SSSR count). The van der Waals surface area contributed by atoms with Crippen molar-refractivity contribution in [2.45, 2.75) is 13.3 Å². The van der Waals surface area contributed by atoms with Crippen LogP contribution in [0.3, 0.4) is 0 Å². The fourth-order valence-electron chi connectivity index (χ4n) is 3.59. The molecule has 0 bridgehead atoms. The van der Waals surface area contributed by atoms with E-state index in [0.717, 1.165) is 17.8 Å². The summed E-state index contributed by atoms with van der Waals surface area (Å²) >= 11 is 0. The molecule has 30 heavy (non-hydrogen) atoms. The zero-order valence-electron chi connectivity index (χ0n) is 17.2. The van der Waals surface area contributed by atoms with Crippen LogP contribution in [0.1, 0.15) is 41.4 Å². The van der Waals surface area contributed by atoms with Crippen LogP contribution in [0.15, 0.2) is 84.9 Å². The predicted octanol–water partition coefficient (Wildman–Crippen LogP) is 5.75. The van der Waals surface area contributed by atoms with E-state index < -0.39 is 0 Å². The number of hydrogen-bond acceptors (Lipinski definition) is 3. The van der Waals surface area contributed by atoms with E-state index in [2.05, 4.69) is 107 Å². The molecule has 0 aliphatic rings. The minimum atomic E-state index is 0.723. The predicted molar refractivity (Wildman–Crippen MR) is 123 cm³/mol. The number of allylic oxidation sites excluding steroid dienone is 1. The van der Waals surface area contributed by atoms with E-state index in [0.29, 0.717) is 0 Å². The summed E-state index contributed by atoms with van der Waals surface area (Å²) in [5.41, 5.74) is 7.42. The maximum atomic E-state index is 3.99. The lowest BCUT2D eigenvalue weighted by atomic mass is 9.88. The van der Waals surface area contributed by atoms with E-state index in [1.165, 1.54) is 27.8 Å². The SMILES string of the molecule is CC/C(=C(\c1ccccc1)c1ccc(/C=C/c2nnnn2C)cc1)c1ccccc1. The summed E-state index contributed by atoms with van der Waals surface area (Å²) in [6.07, 6.45) is 4.90. The smallest absolute Gasteiger partial charge is 0.174 e. The Balaban J connectivity index is 1.76. The van der Waals surface area contributed by atoms with Crippen LogP contribution in [0.25, 0.3) is 23.3 Å². The van der Waals surface area contributed by atoms with E-state index in [1.54, 1.807) is 4.68 Å². The van der Waals surface area contributed by atoms with Gasteiger partial charge in [0.1, 0.15) is 0 Å². The lowest BCUT2D eigenvalue weighted by Crippen LogP contribution is -1.95. The largest absolute Gasteiger partial charge is 0.229 e. The first-order chi connectivity index (χ1) is 14.8. The Kier molecular flexibility index (Phi) is 5.95. The molecule has 4 aromatic rings. The molecule has 0 amide bonds. The van der Waals surface area contributed by atoms with Crippen molar-refractivity contribution >= 4 is 23.3 Å². The van der Waals surface area contributed by atoms with E-state index in [4.69, 9.17) is 0 Å². The fraction of sp³-hybridized carbons (Fsp3) is 0.115. The number of nitrogens with zero attached hydrogens (tertiary/aromatic N) is 4. The zero-order valence-corrected chi connectivity index (χ0v) is 17.2. The highest BCUT2D eigenvalue weighted by atomic mass is 15.5. The number of aryl methyl sites for hydroxylation is 1. The summed E-state index contributed by atoms with van der Waals surface area (Å²) in [4.78, 5) is 0. The third kappa shape index (κ3) is 4.28. The molecule has 0 N–H and O–H groups in total. The number of tetrazole rings is 1. The standard InChI is InChI=1S/C26H24N4/c1-3-24(21-10-6-4-7-11-21)26(22-12-8-5-9-13-22)23-17-14-20(15-18-23)16-19-25-27-28-29-30(25)2/h4-19H,3H2,1-2H3/b19-16+,26-24-. The van der Waals surface area contributed by atoms with Crippen LogP contribution >= 0.6 is 0 Å². The van der Waals surface area contributed by atoms with Crippen molar-refractivity contribution in [3.63, 3.8) is 0 Å². The second kappa shape index (κ2) is 9.14. The monoisotopic (exact) mass is 392 g/mol. The van der Waals surface area contributed by atoms with Crippen molar-refractivity contribution in [1.82, 2.24) is 20.2 Å². The minimum absolute atomic E-state index is 0.723. The summed E-state index contributed by atoms with van der Waals surface area (Å²) in [6.45, 7) is 2.22. The van der Waals surface area contributed by atoms with Gasteiger partial charge in [-0.25, -0.2) is 4.68 Å². The average molecular weight is 393 g/mol. The molecule has 0 aliphatic heterocycles. The first-order valence-corrected chi connectivity index (χ1v) is 10.1. The summed E-state index contributed by atoms with van der Waals surface area (Å²) in [7, 11) is 1.83. The maximum Gasteiger partial charge on any atom is 0.174 e. The van der Waals surface area contributed by atoms with E-state index in [1.807, 2.05) is 19.2 Å². The Morgan fingerprint density at radius 1 is 0.767 bits per heavy atom.